The van der Waals surface area contributed by atoms with E-state index in [1.165, 1.54) is 0 Å². The number of amides is 1. The lowest BCUT2D eigenvalue weighted by Gasteiger charge is -2.33. The van der Waals surface area contributed by atoms with Crippen molar-refractivity contribution in [2.75, 3.05) is 43.9 Å². The first-order chi connectivity index (χ1) is 12.6. The molecule has 2 heterocycles. The zero-order valence-corrected chi connectivity index (χ0v) is 14.5. The molecule has 3 aromatic rings. The molecule has 0 saturated carbocycles. The zero-order valence-electron chi connectivity index (χ0n) is 14.5. The molecular formula is C19H20N4O3. The maximum Gasteiger partial charge on any atom is 0.298 e. The molecule has 7 heteroatoms. The van der Waals surface area contributed by atoms with Gasteiger partial charge in [0.05, 0.1) is 7.11 Å². The number of carbonyl (C=O) groups excluding carboxylic acids is 1. The predicted octanol–water partition coefficient (Wildman–Crippen LogP) is 2.38. The molecule has 1 aliphatic heterocycles. The standard InChI is InChI=1S/C19H20N4O3/c1-25-15-4-2-3-13(11-15)18(24)22-7-9-23(10-8-22)19-21-16-12-14(20)5-6-17(16)26-19/h2-6,11-12H,7-10,20H2,1H3. The lowest BCUT2D eigenvalue weighted by atomic mass is 10.1. The van der Waals surface area contributed by atoms with Gasteiger partial charge >= 0.3 is 0 Å². The Hall–Kier alpha value is -3.22. The molecule has 134 valence electrons. The summed E-state index contributed by atoms with van der Waals surface area (Å²) in [5, 5.41) is 0. The van der Waals surface area contributed by atoms with Gasteiger partial charge in [-0.2, -0.15) is 4.98 Å². The average molecular weight is 352 g/mol. The number of rotatable bonds is 3. The summed E-state index contributed by atoms with van der Waals surface area (Å²) in [6.45, 7) is 2.55. The number of hydrogen-bond acceptors (Lipinski definition) is 6. The van der Waals surface area contributed by atoms with Gasteiger partial charge in [0.15, 0.2) is 5.58 Å². The fourth-order valence-corrected chi connectivity index (χ4v) is 3.11. The number of benzene rings is 2. The Morgan fingerprint density at radius 2 is 1.96 bits per heavy atom. The van der Waals surface area contributed by atoms with Gasteiger partial charge in [-0.05, 0) is 36.4 Å². The third-order valence-electron chi connectivity index (χ3n) is 4.55. The summed E-state index contributed by atoms with van der Waals surface area (Å²) < 4.78 is 11.0. The van der Waals surface area contributed by atoms with E-state index in [1.807, 2.05) is 34.1 Å². The maximum absolute atomic E-state index is 12.7. The van der Waals surface area contributed by atoms with Crippen molar-refractivity contribution in [1.82, 2.24) is 9.88 Å². The summed E-state index contributed by atoms with van der Waals surface area (Å²) in [4.78, 5) is 21.1. The molecule has 26 heavy (non-hydrogen) atoms. The Morgan fingerprint density at radius 3 is 2.73 bits per heavy atom. The van der Waals surface area contributed by atoms with Gasteiger partial charge in [-0.3, -0.25) is 4.79 Å². The largest absolute Gasteiger partial charge is 0.497 e. The summed E-state index contributed by atoms with van der Waals surface area (Å²) in [6, 6.07) is 13.2. The number of methoxy groups -OCH3 is 1. The molecule has 0 aliphatic carbocycles. The first-order valence-corrected chi connectivity index (χ1v) is 8.48. The van der Waals surface area contributed by atoms with Gasteiger partial charge in [0.1, 0.15) is 11.3 Å². The summed E-state index contributed by atoms with van der Waals surface area (Å²) >= 11 is 0. The monoisotopic (exact) mass is 352 g/mol. The third-order valence-corrected chi connectivity index (χ3v) is 4.55. The quantitative estimate of drug-likeness (QED) is 0.729. The van der Waals surface area contributed by atoms with Crippen LogP contribution in [0.5, 0.6) is 5.75 Å². The number of anilines is 2. The summed E-state index contributed by atoms with van der Waals surface area (Å²) in [5.74, 6) is 0.689. The minimum absolute atomic E-state index is 0.00823. The molecule has 0 atom stereocenters. The number of oxazole rings is 1. The molecule has 0 unspecified atom stereocenters. The van der Waals surface area contributed by atoms with Crippen molar-refractivity contribution in [1.29, 1.82) is 0 Å². The van der Waals surface area contributed by atoms with Crippen LogP contribution >= 0.6 is 0 Å². The van der Waals surface area contributed by atoms with Crippen LogP contribution in [-0.2, 0) is 0 Å². The number of fused-ring (bicyclic) bond motifs is 1. The van der Waals surface area contributed by atoms with Crippen molar-refractivity contribution in [2.45, 2.75) is 0 Å². The van der Waals surface area contributed by atoms with Crippen LogP contribution in [0.25, 0.3) is 11.1 Å². The first-order valence-electron chi connectivity index (χ1n) is 8.48. The average Bonchev–Trinajstić information content (AvgIpc) is 3.10. The molecule has 2 aromatic carbocycles. The highest BCUT2D eigenvalue weighted by atomic mass is 16.5. The van der Waals surface area contributed by atoms with Crippen LogP contribution < -0.4 is 15.4 Å². The van der Waals surface area contributed by atoms with Crippen LogP contribution in [0.15, 0.2) is 46.9 Å². The zero-order chi connectivity index (χ0) is 18.1. The lowest BCUT2D eigenvalue weighted by Crippen LogP contribution is -2.48. The van der Waals surface area contributed by atoms with Gasteiger partial charge in [0, 0.05) is 37.4 Å². The Balaban J connectivity index is 1.45. The van der Waals surface area contributed by atoms with E-state index in [2.05, 4.69) is 4.98 Å². The minimum Gasteiger partial charge on any atom is -0.497 e. The van der Waals surface area contributed by atoms with E-state index in [1.54, 1.807) is 25.3 Å². The van der Waals surface area contributed by atoms with Crippen LogP contribution in [0, 0.1) is 0 Å². The molecule has 1 saturated heterocycles. The molecule has 0 bridgehead atoms. The third kappa shape index (κ3) is 3.03. The van der Waals surface area contributed by atoms with Gasteiger partial charge in [0.25, 0.3) is 11.9 Å². The van der Waals surface area contributed by atoms with Crippen LogP contribution in [-0.4, -0.2) is 49.1 Å². The van der Waals surface area contributed by atoms with Crippen molar-refractivity contribution in [2.24, 2.45) is 0 Å². The Morgan fingerprint density at radius 1 is 1.15 bits per heavy atom. The molecule has 7 nitrogen and oxygen atoms in total. The van der Waals surface area contributed by atoms with Gasteiger partial charge in [0.2, 0.25) is 0 Å². The second-order valence-corrected chi connectivity index (χ2v) is 6.23. The van der Waals surface area contributed by atoms with Gasteiger partial charge in [-0.1, -0.05) is 6.07 Å². The molecule has 1 aliphatic rings. The summed E-state index contributed by atoms with van der Waals surface area (Å²) in [6.07, 6.45) is 0. The highest BCUT2D eigenvalue weighted by molar-refractivity contribution is 5.94. The van der Waals surface area contributed by atoms with E-state index >= 15 is 0 Å². The van der Waals surface area contributed by atoms with Crippen molar-refractivity contribution >= 4 is 28.7 Å². The second-order valence-electron chi connectivity index (χ2n) is 6.23. The van der Waals surface area contributed by atoms with Crippen LogP contribution in [0.1, 0.15) is 10.4 Å². The predicted molar refractivity (Wildman–Crippen MR) is 99.5 cm³/mol. The number of aromatic nitrogens is 1. The molecule has 4 rings (SSSR count). The smallest absolute Gasteiger partial charge is 0.298 e. The SMILES string of the molecule is COc1cccc(C(=O)N2CCN(c3nc4cc(N)ccc4o3)CC2)c1. The number of piperazine rings is 1. The number of carbonyl (C=O) groups is 1. The molecular weight excluding hydrogens is 332 g/mol. The molecule has 0 radical (unpaired) electrons. The minimum atomic E-state index is 0.00823. The highest BCUT2D eigenvalue weighted by Crippen LogP contribution is 2.25. The van der Waals surface area contributed by atoms with Crippen molar-refractivity contribution in [3.8, 4) is 5.75 Å². The molecule has 1 fully saturated rings. The van der Waals surface area contributed by atoms with Crippen molar-refractivity contribution < 1.29 is 13.9 Å². The maximum atomic E-state index is 12.7. The molecule has 1 amide bonds. The molecule has 0 spiro atoms. The number of nitrogen functional groups attached to an aromatic ring is 1. The Labute approximate surface area is 151 Å². The van der Waals surface area contributed by atoms with Gasteiger partial charge < -0.3 is 24.7 Å². The van der Waals surface area contributed by atoms with Crippen LogP contribution in [0.4, 0.5) is 11.7 Å². The Kier molecular flexibility index (Phi) is 4.12. The van der Waals surface area contributed by atoms with E-state index < -0.39 is 0 Å². The number of nitrogens with zero attached hydrogens (tertiary/aromatic N) is 3. The van der Waals surface area contributed by atoms with E-state index in [-0.39, 0.29) is 5.91 Å². The first kappa shape index (κ1) is 16.3. The lowest BCUT2D eigenvalue weighted by molar-refractivity contribution is 0.0744. The number of hydrogen-bond donors (Lipinski definition) is 1. The summed E-state index contributed by atoms with van der Waals surface area (Å²) in [7, 11) is 1.59. The van der Waals surface area contributed by atoms with Crippen molar-refractivity contribution in [3.63, 3.8) is 0 Å². The molecule has 2 N–H and O–H groups in total. The van der Waals surface area contributed by atoms with E-state index in [4.69, 9.17) is 14.9 Å². The van der Waals surface area contributed by atoms with E-state index in [9.17, 15) is 4.79 Å². The fourth-order valence-electron chi connectivity index (χ4n) is 3.11. The Bertz CT molecular complexity index is 945. The van der Waals surface area contributed by atoms with E-state index in [0.717, 1.165) is 5.52 Å². The summed E-state index contributed by atoms with van der Waals surface area (Å²) in [5.41, 5.74) is 8.54. The van der Waals surface area contributed by atoms with Crippen LogP contribution in [0.3, 0.4) is 0 Å². The second kappa shape index (κ2) is 6.59. The van der Waals surface area contributed by atoms with E-state index in [0.29, 0.717) is 54.8 Å². The fraction of sp³-hybridized carbons (Fsp3) is 0.263. The normalized spacial score (nSPS) is 14.7. The van der Waals surface area contributed by atoms with Gasteiger partial charge in [-0.25, -0.2) is 0 Å². The van der Waals surface area contributed by atoms with Gasteiger partial charge in [-0.15, -0.1) is 0 Å². The van der Waals surface area contributed by atoms with Crippen LogP contribution in [0.2, 0.25) is 0 Å². The topological polar surface area (TPSA) is 84.8 Å². The molecule has 1 aromatic heterocycles. The highest BCUT2D eigenvalue weighted by Gasteiger charge is 2.25. The number of ether oxygens (including phenoxy) is 1. The van der Waals surface area contributed by atoms with Crippen molar-refractivity contribution in [3.05, 3.63) is 48.0 Å². The number of nitrogens with two attached hydrogens (primary N) is 1.